The fraction of sp³-hybridized carbons (Fsp3) is 0.0714. The second-order valence-corrected chi connectivity index (χ2v) is 3.55. The summed E-state index contributed by atoms with van der Waals surface area (Å²) in [5.41, 5.74) is 2.92. The van der Waals surface area contributed by atoms with Gasteiger partial charge in [0.05, 0.1) is 17.4 Å². The van der Waals surface area contributed by atoms with E-state index >= 15 is 0 Å². The fourth-order valence-electron chi connectivity index (χ4n) is 1.56. The first-order chi connectivity index (χ1) is 8.40. The Labute approximate surface area is 101 Å². The Morgan fingerprint density at radius 2 is 1.53 bits per heavy atom. The lowest BCUT2D eigenvalue weighted by atomic mass is 10.2. The van der Waals surface area contributed by atoms with Crippen LogP contribution in [-0.2, 0) is 0 Å². The third-order valence-corrected chi connectivity index (χ3v) is 2.34. The molecule has 3 heteroatoms. The maximum absolute atomic E-state index is 8.58. The first-order valence-corrected chi connectivity index (χ1v) is 5.42. The summed E-state index contributed by atoms with van der Waals surface area (Å²) < 4.78 is 0. The van der Waals surface area contributed by atoms with Crippen molar-refractivity contribution >= 4 is 17.1 Å². The van der Waals surface area contributed by atoms with E-state index in [9.17, 15) is 0 Å². The van der Waals surface area contributed by atoms with Crippen LogP contribution in [0, 0.1) is 11.3 Å². The molecule has 0 fully saturated rings. The zero-order valence-electron chi connectivity index (χ0n) is 9.35. The van der Waals surface area contributed by atoms with Crippen molar-refractivity contribution in [3.8, 4) is 6.07 Å². The molecule has 84 valence electrons. The molecule has 3 nitrogen and oxygen atoms in total. The molecule has 0 bridgehead atoms. The van der Waals surface area contributed by atoms with E-state index in [1.807, 2.05) is 54.6 Å². The van der Waals surface area contributed by atoms with E-state index in [2.05, 4.69) is 16.7 Å². The van der Waals surface area contributed by atoms with Gasteiger partial charge in [0.1, 0.15) is 6.54 Å². The number of nitrogens with zero attached hydrogens (tertiary/aromatic N) is 1. The van der Waals surface area contributed by atoms with Gasteiger partial charge in [0, 0.05) is 5.69 Å². The molecular formula is C14H13N3. The molecule has 0 aliphatic carbocycles. The lowest BCUT2D eigenvalue weighted by molar-refractivity contribution is 1.31. The summed E-state index contributed by atoms with van der Waals surface area (Å²) in [4.78, 5) is 0. The maximum Gasteiger partial charge on any atom is 0.103 e. The normalized spacial score (nSPS) is 9.35. The number of rotatable bonds is 4. The minimum atomic E-state index is 0.299. The zero-order valence-corrected chi connectivity index (χ0v) is 9.35. The Morgan fingerprint density at radius 1 is 0.882 bits per heavy atom. The molecule has 2 rings (SSSR count). The Morgan fingerprint density at radius 3 is 2.24 bits per heavy atom. The molecule has 0 saturated carbocycles. The van der Waals surface area contributed by atoms with Crippen molar-refractivity contribution in [2.75, 3.05) is 17.2 Å². The molecule has 0 saturated heterocycles. The van der Waals surface area contributed by atoms with E-state index in [-0.39, 0.29) is 0 Å². The topological polar surface area (TPSA) is 47.9 Å². The second-order valence-electron chi connectivity index (χ2n) is 3.55. The summed E-state index contributed by atoms with van der Waals surface area (Å²) in [6.45, 7) is 0.299. The van der Waals surface area contributed by atoms with Crippen LogP contribution in [0.2, 0.25) is 0 Å². The summed E-state index contributed by atoms with van der Waals surface area (Å²) in [5.74, 6) is 0. The second kappa shape index (κ2) is 5.57. The smallest absolute Gasteiger partial charge is 0.103 e. The largest absolute Gasteiger partial charge is 0.371 e. The van der Waals surface area contributed by atoms with Gasteiger partial charge in [-0.05, 0) is 24.3 Å². The van der Waals surface area contributed by atoms with Crippen LogP contribution in [0.1, 0.15) is 0 Å². The van der Waals surface area contributed by atoms with Crippen LogP contribution < -0.4 is 10.6 Å². The fourth-order valence-corrected chi connectivity index (χ4v) is 1.56. The van der Waals surface area contributed by atoms with Gasteiger partial charge >= 0.3 is 0 Å². The average Bonchev–Trinajstić information content (AvgIpc) is 2.39. The lowest BCUT2D eigenvalue weighted by Crippen LogP contribution is -2.01. The Bertz CT molecular complexity index is 514. The highest BCUT2D eigenvalue weighted by Crippen LogP contribution is 2.24. The van der Waals surface area contributed by atoms with E-state index in [0.717, 1.165) is 17.1 Å². The molecule has 0 spiro atoms. The average molecular weight is 223 g/mol. The predicted molar refractivity (Wildman–Crippen MR) is 70.3 cm³/mol. The van der Waals surface area contributed by atoms with Crippen molar-refractivity contribution in [2.45, 2.75) is 0 Å². The SMILES string of the molecule is N#CCNc1ccccc1Nc1ccccc1. The van der Waals surface area contributed by atoms with E-state index in [1.165, 1.54) is 0 Å². The number of hydrogen-bond donors (Lipinski definition) is 2. The number of para-hydroxylation sites is 3. The molecule has 0 aliphatic rings. The number of benzene rings is 2. The third-order valence-electron chi connectivity index (χ3n) is 2.34. The zero-order chi connectivity index (χ0) is 11.9. The van der Waals surface area contributed by atoms with Crippen LogP contribution in [0.5, 0.6) is 0 Å². The molecular weight excluding hydrogens is 210 g/mol. The summed E-state index contributed by atoms with van der Waals surface area (Å²) >= 11 is 0. The lowest BCUT2D eigenvalue weighted by Gasteiger charge is -2.12. The van der Waals surface area contributed by atoms with Crippen molar-refractivity contribution in [1.29, 1.82) is 5.26 Å². The van der Waals surface area contributed by atoms with Gasteiger partial charge in [-0.25, -0.2) is 0 Å². The highest BCUT2D eigenvalue weighted by molar-refractivity contribution is 5.74. The number of nitrogens with one attached hydrogen (secondary N) is 2. The highest BCUT2D eigenvalue weighted by Gasteiger charge is 2.00. The van der Waals surface area contributed by atoms with Gasteiger partial charge in [-0.2, -0.15) is 5.26 Å². The van der Waals surface area contributed by atoms with Gasteiger partial charge in [-0.15, -0.1) is 0 Å². The standard InChI is InChI=1S/C14H13N3/c15-10-11-16-13-8-4-5-9-14(13)17-12-6-2-1-3-7-12/h1-9,16-17H,11H2. The van der Waals surface area contributed by atoms with Gasteiger partial charge in [-0.1, -0.05) is 30.3 Å². The predicted octanol–water partition coefficient (Wildman–Crippen LogP) is 3.37. The molecule has 0 unspecified atom stereocenters. The van der Waals surface area contributed by atoms with Crippen molar-refractivity contribution in [1.82, 2.24) is 0 Å². The highest BCUT2D eigenvalue weighted by atomic mass is 15.0. The minimum absolute atomic E-state index is 0.299. The number of nitriles is 1. The van der Waals surface area contributed by atoms with Gasteiger partial charge in [0.2, 0.25) is 0 Å². The number of anilines is 3. The summed E-state index contributed by atoms with van der Waals surface area (Å²) in [6, 6.07) is 19.8. The first-order valence-electron chi connectivity index (χ1n) is 5.42. The summed E-state index contributed by atoms with van der Waals surface area (Å²) in [6.07, 6.45) is 0. The molecule has 0 radical (unpaired) electrons. The molecule has 0 amide bonds. The van der Waals surface area contributed by atoms with Crippen LogP contribution in [0.15, 0.2) is 54.6 Å². The minimum Gasteiger partial charge on any atom is -0.371 e. The summed E-state index contributed by atoms with van der Waals surface area (Å²) in [5, 5.41) is 14.9. The molecule has 0 aromatic heterocycles. The van der Waals surface area contributed by atoms with Gasteiger partial charge in [0.25, 0.3) is 0 Å². The third kappa shape index (κ3) is 2.99. The van der Waals surface area contributed by atoms with Crippen LogP contribution in [0.25, 0.3) is 0 Å². The Balaban J connectivity index is 2.18. The molecule has 2 aromatic rings. The molecule has 0 atom stereocenters. The Hall–Kier alpha value is -2.47. The van der Waals surface area contributed by atoms with Crippen LogP contribution in [0.4, 0.5) is 17.1 Å². The van der Waals surface area contributed by atoms with E-state index in [1.54, 1.807) is 0 Å². The van der Waals surface area contributed by atoms with Crippen molar-refractivity contribution in [3.63, 3.8) is 0 Å². The van der Waals surface area contributed by atoms with Crippen molar-refractivity contribution < 1.29 is 0 Å². The van der Waals surface area contributed by atoms with E-state index in [4.69, 9.17) is 5.26 Å². The van der Waals surface area contributed by atoms with Gasteiger partial charge in [-0.3, -0.25) is 0 Å². The molecule has 2 N–H and O–H groups in total. The van der Waals surface area contributed by atoms with Crippen molar-refractivity contribution in [3.05, 3.63) is 54.6 Å². The van der Waals surface area contributed by atoms with E-state index < -0.39 is 0 Å². The number of hydrogen-bond acceptors (Lipinski definition) is 3. The monoisotopic (exact) mass is 223 g/mol. The van der Waals surface area contributed by atoms with Crippen LogP contribution in [0.3, 0.4) is 0 Å². The van der Waals surface area contributed by atoms with E-state index in [0.29, 0.717) is 6.54 Å². The Kier molecular flexibility index (Phi) is 3.61. The first kappa shape index (κ1) is 11.0. The van der Waals surface area contributed by atoms with Gasteiger partial charge < -0.3 is 10.6 Å². The quantitative estimate of drug-likeness (QED) is 0.781. The maximum atomic E-state index is 8.58. The van der Waals surface area contributed by atoms with Gasteiger partial charge in [0.15, 0.2) is 0 Å². The summed E-state index contributed by atoms with van der Waals surface area (Å²) in [7, 11) is 0. The van der Waals surface area contributed by atoms with Crippen molar-refractivity contribution in [2.24, 2.45) is 0 Å². The molecule has 2 aromatic carbocycles. The van der Waals surface area contributed by atoms with Crippen LogP contribution >= 0.6 is 0 Å². The molecule has 17 heavy (non-hydrogen) atoms. The van der Waals surface area contributed by atoms with Crippen LogP contribution in [-0.4, -0.2) is 6.54 Å². The molecule has 0 aliphatic heterocycles. The molecule has 0 heterocycles.